The lowest BCUT2D eigenvalue weighted by Gasteiger charge is -2.39. The fourth-order valence-electron chi connectivity index (χ4n) is 4.88. The lowest BCUT2D eigenvalue weighted by molar-refractivity contribution is 0.0891. The van der Waals surface area contributed by atoms with Crippen molar-refractivity contribution in [2.45, 2.75) is 31.7 Å². The second-order valence-corrected chi connectivity index (χ2v) is 8.38. The number of anilines is 1. The van der Waals surface area contributed by atoms with Gasteiger partial charge >= 0.3 is 0 Å². The van der Waals surface area contributed by atoms with Gasteiger partial charge in [0.15, 0.2) is 0 Å². The molecular formula is C24H32N4O2. The molecule has 6 nitrogen and oxygen atoms in total. The van der Waals surface area contributed by atoms with Gasteiger partial charge < -0.3 is 15.0 Å². The molecule has 1 aromatic heterocycles. The number of hydrogen-bond acceptors (Lipinski definition) is 5. The molecule has 0 saturated carbocycles. The van der Waals surface area contributed by atoms with Gasteiger partial charge in [0.05, 0.1) is 12.7 Å². The number of carbonyl (C=O) groups is 1. The van der Waals surface area contributed by atoms with Crippen molar-refractivity contribution in [2.24, 2.45) is 5.92 Å². The fraction of sp³-hybridized carbons (Fsp3) is 0.500. The van der Waals surface area contributed by atoms with E-state index in [9.17, 15) is 4.79 Å². The van der Waals surface area contributed by atoms with Gasteiger partial charge in [-0.05, 0) is 75.0 Å². The maximum absolute atomic E-state index is 13.1. The van der Waals surface area contributed by atoms with Gasteiger partial charge in [-0.15, -0.1) is 0 Å². The summed E-state index contributed by atoms with van der Waals surface area (Å²) in [6.07, 6.45) is 6.36. The Bertz CT molecular complexity index is 849. The maximum atomic E-state index is 13.1. The van der Waals surface area contributed by atoms with Crippen LogP contribution >= 0.6 is 0 Å². The van der Waals surface area contributed by atoms with Crippen LogP contribution in [0.2, 0.25) is 0 Å². The molecule has 2 fully saturated rings. The zero-order chi connectivity index (χ0) is 20.9. The van der Waals surface area contributed by atoms with E-state index in [0.29, 0.717) is 18.0 Å². The van der Waals surface area contributed by atoms with Gasteiger partial charge in [0.1, 0.15) is 11.6 Å². The van der Waals surface area contributed by atoms with Gasteiger partial charge in [-0.2, -0.15) is 0 Å². The number of amides is 1. The molecule has 160 valence electrons. The Morgan fingerprint density at radius 3 is 2.63 bits per heavy atom. The van der Waals surface area contributed by atoms with E-state index in [-0.39, 0.29) is 11.9 Å². The third-order valence-electron chi connectivity index (χ3n) is 6.43. The number of aromatic nitrogens is 1. The van der Waals surface area contributed by atoms with Crippen LogP contribution in [0.3, 0.4) is 0 Å². The summed E-state index contributed by atoms with van der Waals surface area (Å²) in [5.41, 5.74) is 1.96. The van der Waals surface area contributed by atoms with Crippen LogP contribution < -0.4 is 15.0 Å². The van der Waals surface area contributed by atoms with E-state index in [4.69, 9.17) is 4.74 Å². The van der Waals surface area contributed by atoms with Gasteiger partial charge in [0.25, 0.3) is 5.91 Å². The fourth-order valence-corrected chi connectivity index (χ4v) is 4.88. The Hall–Kier alpha value is -2.60. The van der Waals surface area contributed by atoms with E-state index in [1.165, 1.54) is 5.56 Å². The minimum Gasteiger partial charge on any atom is -0.497 e. The van der Waals surface area contributed by atoms with Crippen molar-refractivity contribution in [3.63, 3.8) is 0 Å². The zero-order valence-corrected chi connectivity index (χ0v) is 18.0. The summed E-state index contributed by atoms with van der Waals surface area (Å²) >= 11 is 0. The molecule has 2 atom stereocenters. The molecule has 4 rings (SSSR count). The average molecular weight is 409 g/mol. The van der Waals surface area contributed by atoms with E-state index in [1.807, 2.05) is 24.3 Å². The third-order valence-corrected chi connectivity index (χ3v) is 6.43. The Labute approximate surface area is 179 Å². The Kier molecular flexibility index (Phi) is 6.53. The molecule has 1 aromatic carbocycles. The number of piperidine rings is 1. The number of likely N-dealkylation sites (tertiary alicyclic amines) is 1. The largest absolute Gasteiger partial charge is 0.497 e. The lowest BCUT2D eigenvalue weighted by Crippen LogP contribution is -2.42. The number of ether oxygens (including phenoxy) is 1. The van der Waals surface area contributed by atoms with Crippen molar-refractivity contribution in [3.05, 3.63) is 53.7 Å². The minimum atomic E-state index is -0.0216. The summed E-state index contributed by atoms with van der Waals surface area (Å²) in [7, 11) is 3.87. The molecule has 2 aliphatic heterocycles. The second-order valence-electron chi connectivity index (χ2n) is 8.38. The Morgan fingerprint density at radius 2 is 1.90 bits per heavy atom. The monoisotopic (exact) mass is 408 g/mol. The van der Waals surface area contributed by atoms with Crippen molar-refractivity contribution in [1.29, 1.82) is 0 Å². The highest BCUT2D eigenvalue weighted by atomic mass is 16.5. The molecule has 3 heterocycles. The number of pyridine rings is 1. The molecule has 2 unspecified atom stereocenters. The Balaban J connectivity index is 1.47. The Morgan fingerprint density at radius 1 is 1.13 bits per heavy atom. The van der Waals surface area contributed by atoms with E-state index >= 15 is 0 Å². The molecule has 0 aliphatic carbocycles. The number of nitrogens with zero attached hydrogens (tertiary/aromatic N) is 3. The van der Waals surface area contributed by atoms with Crippen molar-refractivity contribution < 1.29 is 9.53 Å². The summed E-state index contributed by atoms with van der Waals surface area (Å²) in [4.78, 5) is 22.2. The lowest BCUT2D eigenvalue weighted by atomic mass is 9.85. The number of carbonyl (C=O) groups excluding carboxylic acids is 1. The van der Waals surface area contributed by atoms with Crippen LogP contribution in [0.4, 0.5) is 5.82 Å². The molecule has 30 heavy (non-hydrogen) atoms. The summed E-state index contributed by atoms with van der Waals surface area (Å²) < 4.78 is 5.31. The maximum Gasteiger partial charge on any atom is 0.255 e. The van der Waals surface area contributed by atoms with Crippen LogP contribution in [0.25, 0.3) is 0 Å². The van der Waals surface area contributed by atoms with E-state index in [1.54, 1.807) is 13.3 Å². The molecule has 2 saturated heterocycles. The van der Waals surface area contributed by atoms with Gasteiger partial charge in [0, 0.05) is 31.9 Å². The van der Waals surface area contributed by atoms with E-state index < -0.39 is 0 Å². The highest BCUT2D eigenvalue weighted by Gasteiger charge is 2.31. The molecular weight excluding hydrogens is 376 g/mol. The van der Waals surface area contributed by atoms with Crippen molar-refractivity contribution in [3.8, 4) is 5.75 Å². The molecule has 2 aliphatic rings. The molecule has 1 N–H and O–H groups in total. The highest BCUT2D eigenvalue weighted by molar-refractivity contribution is 5.98. The highest BCUT2D eigenvalue weighted by Crippen LogP contribution is 2.35. The van der Waals surface area contributed by atoms with Crippen molar-refractivity contribution >= 4 is 11.7 Å². The molecule has 0 bridgehead atoms. The van der Waals surface area contributed by atoms with Crippen LogP contribution in [-0.2, 0) is 0 Å². The van der Waals surface area contributed by atoms with Gasteiger partial charge in [-0.3, -0.25) is 9.69 Å². The normalized spacial score (nSPS) is 22.1. The summed E-state index contributed by atoms with van der Waals surface area (Å²) in [5, 5.41) is 3.22. The predicted molar refractivity (Wildman–Crippen MR) is 119 cm³/mol. The van der Waals surface area contributed by atoms with Gasteiger partial charge in [-0.25, -0.2) is 4.98 Å². The minimum absolute atomic E-state index is 0.0216. The average Bonchev–Trinajstić information content (AvgIpc) is 3.32. The molecule has 1 amide bonds. The smallest absolute Gasteiger partial charge is 0.255 e. The summed E-state index contributed by atoms with van der Waals surface area (Å²) in [6.45, 7) is 3.69. The molecule has 6 heteroatoms. The van der Waals surface area contributed by atoms with Crippen LogP contribution in [0, 0.1) is 5.92 Å². The van der Waals surface area contributed by atoms with Gasteiger partial charge in [0.2, 0.25) is 0 Å². The van der Waals surface area contributed by atoms with Crippen LogP contribution in [0.15, 0.2) is 42.6 Å². The molecule has 0 radical (unpaired) electrons. The van der Waals surface area contributed by atoms with E-state index in [2.05, 4.69) is 39.3 Å². The number of hydrogen-bond donors (Lipinski definition) is 1. The van der Waals surface area contributed by atoms with Crippen LogP contribution in [-0.4, -0.2) is 56.1 Å². The quantitative estimate of drug-likeness (QED) is 0.793. The predicted octanol–water partition coefficient (Wildman–Crippen LogP) is 3.50. The van der Waals surface area contributed by atoms with Crippen LogP contribution in [0.1, 0.15) is 47.6 Å². The van der Waals surface area contributed by atoms with Gasteiger partial charge in [-0.1, -0.05) is 12.1 Å². The van der Waals surface area contributed by atoms with E-state index in [0.717, 1.165) is 56.9 Å². The second kappa shape index (κ2) is 9.47. The zero-order valence-electron chi connectivity index (χ0n) is 18.0. The standard InChI is InChI=1S/C24H32N4O2/c1-27-14-6-7-19(22(27)18-9-11-20(30-2)12-10-18)17-26-24(29)21-8-5-13-25-23(21)28-15-3-4-16-28/h5,8-13,19,22H,3-4,6-7,14-17H2,1-2H3,(H,26,29). The number of benzene rings is 1. The van der Waals surface area contributed by atoms with Crippen molar-refractivity contribution in [1.82, 2.24) is 15.2 Å². The first kappa shape index (κ1) is 20.7. The first-order valence-electron chi connectivity index (χ1n) is 11.0. The number of nitrogens with one attached hydrogen (secondary N) is 1. The summed E-state index contributed by atoms with van der Waals surface area (Å²) in [5.74, 6) is 2.03. The number of rotatable bonds is 6. The third kappa shape index (κ3) is 4.43. The number of methoxy groups -OCH3 is 1. The topological polar surface area (TPSA) is 57.7 Å². The van der Waals surface area contributed by atoms with Crippen LogP contribution in [0.5, 0.6) is 5.75 Å². The first-order valence-corrected chi connectivity index (χ1v) is 11.0. The molecule has 0 spiro atoms. The van der Waals surface area contributed by atoms with Crippen molar-refractivity contribution in [2.75, 3.05) is 45.2 Å². The SMILES string of the molecule is COc1ccc(C2C(CNC(=O)c3cccnc3N3CCCC3)CCCN2C)cc1. The molecule has 2 aromatic rings. The first-order chi connectivity index (χ1) is 14.7. The summed E-state index contributed by atoms with van der Waals surface area (Å²) in [6, 6.07) is 12.4.